The number of benzene rings is 1. The summed E-state index contributed by atoms with van der Waals surface area (Å²) in [5, 5.41) is 18.7. The van der Waals surface area contributed by atoms with Gasteiger partial charge in [-0.25, -0.2) is 9.67 Å². The van der Waals surface area contributed by atoms with Crippen LogP contribution in [0.25, 0.3) is 0 Å². The average Bonchev–Trinajstić information content (AvgIpc) is 3.30. The number of ether oxygens (including phenoxy) is 2. The maximum absolute atomic E-state index is 13.0. The second-order valence-electron chi connectivity index (χ2n) is 8.01. The van der Waals surface area contributed by atoms with Crippen LogP contribution in [0.15, 0.2) is 53.7 Å². The number of carbonyl (C=O) groups is 1. The maximum Gasteiger partial charge on any atom is 0.236 e. The molecular weight excluding hydrogens is 450 g/mol. The van der Waals surface area contributed by atoms with Gasteiger partial charge in [0.15, 0.2) is 12.3 Å². The molecule has 11 nitrogen and oxygen atoms in total. The van der Waals surface area contributed by atoms with Crippen molar-refractivity contribution in [2.75, 3.05) is 31.7 Å². The third-order valence-corrected chi connectivity index (χ3v) is 5.09. The second kappa shape index (κ2) is 12.7. The molecule has 11 heteroatoms. The predicted molar refractivity (Wildman–Crippen MR) is 130 cm³/mol. The lowest BCUT2D eigenvalue weighted by Gasteiger charge is -2.27. The van der Waals surface area contributed by atoms with Crippen molar-refractivity contribution in [3.8, 4) is 0 Å². The van der Waals surface area contributed by atoms with E-state index in [0.717, 1.165) is 5.56 Å². The van der Waals surface area contributed by atoms with Gasteiger partial charge in [-0.15, -0.1) is 5.10 Å². The topological polar surface area (TPSA) is 126 Å². The van der Waals surface area contributed by atoms with E-state index >= 15 is 0 Å². The van der Waals surface area contributed by atoms with Gasteiger partial charge in [0.1, 0.15) is 5.82 Å². The fourth-order valence-corrected chi connectivity index (χ4v) is 3.14. The van der Waals surface area contributed by atoms with Crippen molar-refractivity contribution >= 4 is 17.4 Å². The van der Waals surface area contributed by atoms with Crippen LogP contribution >= 0.6 is 0 Å². The fraction of sp³-hybridized carbons (Fsp3) is 0.417. The molecule has 0 saturated heterocycles. The van der Waals surface area contributed by atoms with Gasteiger partial charge in [0, 0.05) is 25.8 Å². The van der Waals surface area contributed by atoms with Crippen LogP contribution in [0.4, 0.5) is 5.82 Å². The van der Waals surface area contributed by atoms with Gasteiger partial charge >= 0.3 is 0 Å². The van der Waals surface area contributed by atoms with Gasteiger partial charge in [-0.05, 0) is 43.3 Å². The van der Waals surface area contributed by atoms with Crippen LogP contribution in [0, 0.1) is 5.41 Å². The highest BCUT2D eigenvalue weighted by Crippen LogP contribution is 2.21. The highest BCUT2D eigenvalue weighted by molar-refractivity contribution is 6.10. The van der Waals surface area contributed by atoms with Gasteiger partial charge in [-0.1, -0.05) is 41.6 Å². The molecular formula is C24H31N7O4. The van der Waals surface area contributed by atoms with E-state index < -0.39 is 5.41 Å². The first-order chi connectivity index (χ1) is 17.0. The number of oxime groups is 1. The van der Waals surface area contributed by atoms with Crippen molar-refractivity contribution in [2.45, 2.75) is 27.4 Å². The number of nitrogens with one attached hydrogen (secondary N) is 1. The fourth-order valence-electron chi connectivity index (χ4n) is 3.14. The number of tetrazole rings is 1. The molecule has 1 N–H and O–H groups in total. The zero-order valence-corrected chi connectivity index (χ0v) is 20.5. The normalized spacial score (nSPS) is 11.9. The molecule has 0 aliphatic rings. The average molecular weight is 482 g/mol. The van der Waals surface area contributed by atoms with E-state index in [1.54, 1.807) is 25.2 Å². The Bertz CT molecular complexity index is 1110. The predicted octanol–water partition coefficient (Wildman–Crippen LogP) is 2.59. The number of rotatable bonds is 13. The van der Waals surface area contributed by atoms with Crippen molar-refractivity contribution in [1.82, 2.24) is 25.2 Å². The molecule has 0 spiro atoms. The van der Waals surface area contributed by atoms with E-state index in [1.165, 1.54) is 4.68 Å². The van der Waals surface area contributed by atoms with Crippen molar-refractivity contribution in [2.24, 2.45) is 17.6 Å². The summed E-state index contributed by atoms with van der Waals surface area (Å²) in [5.74, 6) is 0.636. The minimum Gasteiger partial charge on any atom is -0.389 e. The molecule has 0 unspecified atom stereocenters. The van der Waals surface area contributed by atoms with Crippen LogP contribution in [0.2, 0.25) is 0 Å². The maximum atomic E-state index is 13.0. The first kappa shape index (κ1) is 25.9. The number of hydrogen-bond acceptors (Lipinski definition) is 9. The Morgan fingerprint density at radius 2 is 1.77 bits per heavy atom. The molecule has 186 valence electrons. The molecule has 0 fully saturated rings. The number of amides is 1. The van der Waals surface area contributed by atoms with Crippen LogP contribution in [-0.2, 0) is 32.8 Å². The third-order valence-electron chi connectivity index (χ3n) is 5.09. The monoisotopic (exact) mass is 481 g/mol. The quantitative estimate of drug-likeness (QED) is 0.292. The third kappa shape index (κ3) is 7.14. The lowest BCUT2D eigenvalue weighted by atomic mass is 9.91. The molecule has 0 aliphatic heterocycles. The highest BCUT2D eigenvalue weighted by atomic mass is 16.6. The lowest BCUT2D eigenvalue weighted by Crippen LogP contribution is -2.41. The molecule has 0 aliphatic carbocycles. The van der Waals surface area contributed by atoms with Gasteiger partial charge in [0.2, 0.25) is 11.7 Å². The second-order valence-corrected chi connectivity index (χ2v) is 8.01. The highest BCUT2D eigenvalue weighted by Gasteiger charge is 2.34. The molecule has 3 aromatic rings. The molecule has 35 heavy (non-hydrogen) atoms. The number of aromatic nitrogens is 5. The summed E-state index contributed by atoms with van der Waals surface area (Å²) in [6, 6.07) is 14.8. The van der Waals surface area contributed by atoms with Gasteiger partial charge in [-0.3, -0.25) is 4.79 Å². The summed E-state index contributed by atoms with van der Waals surface area (Å²) in [6.45, 7) is 7.17. The van der Waals surface area contributed by atoms with E-state index in [4.69, 9.17) is 14.3 Å². The number of nitrogens with zero attached hydrogens (tertiary/aromatic N) is 6. The summed E-state index contributed by atoms with van der Waals surface area (Å²) < 4.78 is 12.6. The van der Waals surface area contributed by atoms with Crippen LogP contribution in [0.3, 0.4) is 0 Å². The number of aryl methyl sites for hydroxylation is 1. The lowest BCUT2D eigenvalue weighted by molar-refractivity contribution is -0.132. The van der Waals surface area contributed by atoms with Crippen molar-refractivity contribution in [3.05, 3.63) is 65.6 Å². The van der Waals surface area contributed by atoms with Gasteiger partial charge in [0.05, 0.1) is 24.3 Å². The number of anilines is 1. The van der Waals surface area contributed by atoms with Gasteiger partial charge in [-0.2, -0.15) is 0 Å². The van der Waals surface area contributed by atoms with Gasteiger partial charge in [0.25, 0.3) is 0 Å². The molecule has 1 amide bonds. The van der Waals surface area contributed by atoms with Crippen LogP contribution in [-0.4, -0.2) is 63.2 Å². The zero-order chi connectivity index (χ0) is 25.1. The summed E-state index contributed by atoms with van der Waals surface area (Å²) >= 11 is 0. The number of hydrogen-bond donors (Lipinski definition) is 1. The van der Waals surface area contributed by atoms with E-state index in [-0.39, 0.29) is 25.7 Å². The largest absolute Gasteiger partial charge is 0.389 e. The number of carbonyl (C=O) groups excluding carboxylic acids is 1. The number of pyridine rings is 1. The first-order valence-electron chi connectivity index (χ1n) is 11.4. The summed E-state index contributed by atoms with van der Waals surface area (Å²) in [5.41, 5.74) is 1.04. The van der Waals surface area contributed by atoms with Crippen LogP contribution in [0.5, 0.6) is 0 Å². The zero-order valence-electron chi connectivity index (χ0n) is 20.5. The Morgan fingerprint density at radius 3 is 2.40 bits per heavy atom. The molecule has 1 aromatic carbocycles. The Balaban J connectivity index is 1.71. The molecule has 0 bridgehead atoms. The summed E-state index contributed by atoms with van der Waals surface area (Å²) in [7, 11) is 1.73. The minimum absolute atomic E-state index is 0.0838. The Hall–Kier alpha value is -3.70. The smallest absolute Gasteiger partial charge is 0.236 e. The first-order valence-corrected chi connectivity index (χ1v) is 11.4. The van der Waals surface area contributed by atoms with E-state index in [0.29, 0.717) is 36.3 Å². The molecule has 2 aromatic heterocycles. The van der Waals surface area contributed by atoms with Crippen LogP contribution in [0.1, 0.15) is 37.9 Å². The van der Waals surface area contributed by atoms with E-state index in [1.807, 2.05) is 51.1 Å². The van der Waals surface area contributed by atoms with Crippen molar-refractivity contribution in [3.63, 3.8) is 0 Å². The van der Waals surface area contributed by atoms with E-state index in [9.17, 15) is 4.79 Å². The molecule has 0 radical (unpaired) electrons. The molecule has 2 heterocycles. The van der Waals surface area contributed by atoms with Crippen molar-refractivity contribution < 1.29 is 19.1 Å². The Morgan fingerprint density at radius 1 is 1.06 bits per heavy atom. The van der Waals surface area contributed by atoms with E-state index in [2.05, 4.69) is 31.0 Å². The SMILES string of the molecule is CCOCC(C)(COCC)C(=O)Nc1cccc(CO/N=C(/c2ccccc2)c2nnnn2C)n1. The Labute approximate surface area is 204 Å². The Kier molecular flexibility index (Phi) is 9.39. The summed E-state index contributed by atoms with van der Waals surface area (Å²) in [4.78, 5) is 23.1. The molecule has 0 atom stereocenters. The van der Waals surface area contributed by atoms with Crippen molar-refractivity contribution in [1.29, 1.82) is 0 Å². The molecule has 3 rings (SSSR count). The molecule has 0 saturated carbocycles. The van der Waals surface area contributed by atoms with Gasteiger partial charge < -0.3 is 19.6 Å². The standard InChI is InChI=1S/C24H31N7O4/c1-5-33-16-24(3,17-34-6-2)23(32)26-20-14-10-13-19(25-20)15-35-28-21(18-11-8-7-9-12-18)22-27-29-30-31(22)4/h7-14H,5-6,15-17H2,1-4H3,(H,25,26,32)/b28-21-. The van der Waals surface area contributed by atoms with Crippen LogP contribution < -0.4 is 5.32 Å². The summed E-state index contributed by atoms with van der Waals surface area (Å²) in [6.07, 6.45) is 0. The minimum atomic E-state index is -0.848.